The zero-order valence-corrected chi connectivity index (χ0v) is 10.1. The van der Waals surface area contributed by atoms with Crippen LogP contribution < -0.4 is 5.32 Å². The van der Waals surface area contributed by atoms with Crippen molar-refractivity contribution in [2.24, 2.45) is 0 Å². The van der Waals surface area contributed by atoms with E-state index < -0.39 is 0 Å². The van der Waals surface area contributed by atoms with Crippen molar-refractivity contribution in [3.63, 3.8) is 0 Å². The molecule has 1 aliphatic rings. The Hall–Kier alpha value is -0.870. The lowest BCUT2D eigenvalue weighted by atomic mass is 10.1. The first-order chi connectivity index (χ1) is 7.18. The Morgan fingerprint density at radius 2 is 2.00 bits per heavy atom. The van der Waals surface area contributed by atoms with Gasteiger partial charge >= 0.3 is 0 Å². The summed E-state index contributed by atoms with van der Waals surface area (Å²) in [7, 11) is 1.86. The first kappa shape index (κ1) is 10.6. The molecule has 1 N–H and O–H groups in total. The predicted molar refractivity (Wildman–Crippen MR) is 62.9 cm³/mol. The standard InChI is InChI=1S/C11H13BrN2O/c1-14(10-6-13-7-10)11(15)8-2-4-9(12)5-3-8/h2-5,10,13H,6-7H2,1H3. The molecule has 0 saturated carbocycles. The van der Waals surface area contributed by atoms with E-state index in [1.165, 1.54) is 0 Å². The van der Waals surface area contributed by atoms with Crippen molar-refractivity contribution in [1.29, 1.82) is 0 Å². The number of amides is 1. The van der Waals surface area contributed by atoms with Gasteiger partial charge in [-0.15, -0.1) is 0 Å². The fourth-order valence-corrected chi connectivity index (χ4v) is 1.77. The van der Waals surface area contributed by atoms with Gasteiger partial charge in [0.2, 0.25) is 0 Å². The van der Waals surface area contributed by atoms with E-state index >= 15 is 0 Å². The van der Waals surface area contributed by atoms with Gasteiger partial charge < -0.3 is 10.2 Å². The van der Waals surface area contributed by atoms with E-state index in [1.54, 1.807) is 4.90 Å². The van der Waals surface area contributed by atoms with Gasteiger partial charge in [-0.25, -0.2) is 0 Å². The van der Waals surface area contributed by atoms with Gasteiger partial charge in [0.1, 0.15) is 0 Å². The normalized spacial score (nSPS) is 15.9. The summed E-state index contributed by atoms with van der Waals surface area (Å²) in [6.07, 6.45) is 0. The highest BCUT2D eigenvalue weighted by Crippen LogP contribution is 2.13. The molecule has 0 radical (unpaired) electrons. The highest BCUT2D eigenvalue weighted by molar-refractivity contribution is 9.10. The summed E-state index contributed by atoms with van der Waals surface area (Å²) in [5.74, 6) is 0.0917. The van der Waals surface area contributed by atoms with Crippen LogP contribution in [0.1, 0.15) is 10.4 Å². The molecule has 15 heavy (non-hydrogen) atoms. The molecular formula is C11H13BrN2O. The summed E-state index contributed by atoms with van der Waals surface area (Å²) in [6, 6.07) is 7.81. The molecule has 0 atom stereocenters. The zero-order chi connectivity index (χ0) is 10.8. The number of halogens is 1. The van der Waals surface area contributed by atoms with Gasteiger partial charge in [0, 0.05) is 30.2 Å². The Bertz CT molecular complexity index is 359. The van der Waals surface area contributed by atoms with Crippen molar-refractivity contribution in [3.8, 4) is 0 Å². The van der Waals surface area contributed by atoms with Gasteiger partial charge in [-0.05, 0) is 24.3 Å². The zero-order valence-electron chi connectivity index (χ0n) is 8.53. The molecule has 1 amide bonds. The molecule has 0 unspecified atom stereocenters. The molecule has 1 aliphatic heterocycles. The van der Waals surface area contributed by atoms with Crippen LogP contribution >= 0.6 is 15.9 Å². The van der Waals surface area contributed by atoms with Crippen molar-refractivity contribution >= 4 is 21.8 Å². The van der Waals surface area contributed by atoms with E-state index in [-0.39, 0.29) is 5.91 Å². The number of benzene rings is 1. The average molecular weight is 269 g/mol. The van der Waals surface area contributed by atoms with Crippen LogP contribution in [0.2, 0.25) is 0 Å². The van der Waals surface area contributed by atoms with Crippen LogP contribution in [0.3, 0.4) is 0 Å². The minimum absolute atomic E-state index is 0.0917. The average Bonchev–Trinajstić information content (AvgIpc) is 2.15. The molecule has 1 aromatic carbocycles. The third-order valence-electron chi connectivity index (χ3n) is 2.72. The molecule has 1 heterocycles. The van der Waals surface area contributed by atoms with Crippen molar-refractivity contribution < 1.29 is 4.79 Å². The largest absolute Gasteiger partial charge is 0.336 e. The molecule has 4 heteroatoms. The molecule has 0 aliphatic carbocycles. The fraction of sp³-hybridized carbons (Fsp3) is 0.364. The van der Waals surface area contributed by atoms with E-state index in [9.17, 15) is 4.79 Å². The Kier molecular flexibility index (Phi) is 3.07. The lowest BCUT2D eigenvalue weighted by molar-refractivity contribution is 0.0681. The van der Waals surface area contributed by atoms with Gasteiger partial charge in [0.05, 0.1) is 6.04 Å². The number of hydrogen-bond acceptors (Lipinski definition) is 2. The first-order valence-corrected chi connectivity index (χ1v) is 5.71. The number of nitrogens with one attached hydrogen (secondary N) is 1. The lowest BCUT2D eigenvalue weighted by Crippen LogP contribution is -2.57. The monoisotopic (exact) mass is 268 g/mol. The third kappa shape index (κ3) is 2.21. The van der Waals surface area contributed by atoms with Crippen LogP contribution in [0.4, 0.5) is 0 Å². The minimum atomic E-state index is 0.0917. The molecule has 1 saturated heterocycles. The van der Waals surface area contributed by atoms with Crippen LogP contribution in [-0.4, -0.2) is 37.0 Å². The first-order valence-electron chi connectivity index (χ1n) is 4.92. The highest BCUT2D eigenvalue weighted by Gasteiger charge is 2.25. The van der Waals surface area contributed by atoms with Crippen LogP contribution in [0.5, 0.6) is 0 Å². The van der Waals surface area contributed by atoms with Gasteiger partial charge in [0.25, 0.3) is 5.91 Å². The highest BCUT2D eigenvalue weighted by atomic mass is 79.9. The number of likely N-dealkylation sites (N-methyl/N-ethyl adjacent to an activating group) is 1. The summed E-state index contributed by atoms with van der Waals surface area (Å²) < 4.78 is 0.993. The van der Waals surface area contributed by atoms with Crippen LogP contribution in [-0.2, 0) is 0 Å². The Labute approximate surface area is 97.6 Å². The molecular weight excluding hydrogens is 256 g/mol. The van der Waals surface area contributed by atoms with Crippen molar-refractivity contribution in [1.82, 2.24) is 10.2 Å². The second-order valence-corrected chi connectivity index (χ2v) is 4.65. The summed E-state index contributed by atoms with van der Waals surface area (Å²) in [4.78, 5) is 13.8. The van der Waals surface area contributed by atoms with Gasteiger partial charge in [-0.3, -0.25) is 4.79 Å². The number of rotatable bonds is 2. The van der Waals surface area contributed by atoms with Crippen molar-refractivity contribution in [3.05, 3.63) is 34.3 Å². The maximum atomic E-state index is 12.0. The Morgan fingerprint density at radius 3 is 2.47 bits per heavy atom. The van der Waals surface area contributed by atoms with Gasteiger partial charge in [-0.2, -0.15) is 0 Å². The van der Waals surface area contributed by atoms with E-state index in [0.717, 1.165) is 23.1 Å². The summed E-state index contributed by atoms with van der Waals surface area (Å²) >= 11 is 3.35. The molecule has 80 valence electrons. The van der Waals surface area contributed by atoms with E-state index in [0.29, 0.717) is 6.04 Å². The summed E-state index contributed by atoms with van der Waals surface area (Å²) in [5.41, 5.74) is 0.743. The van der Waals surface area contributed by atoms with E-state index in [4.69, 9.17) is 0 Å². The molecule has 0 bridgehead atoms. The maximum absolute atomic E-state index is 12.0. The summed E-state index contributed by atoms with van der Waals surface area (Å²) in [5, 5.41) is 3.16. The molecule has 2 rings (SSSR count). The second-order valence-electron chi connectivity index (χ2n) is 3.74. The van der Waals surface area contributed by atoms with Gasteiger partial charge in [-0.1, -0.05) is 15.9 Å². The number of nitrogens with zero attached hydrogens (tertiary/aromatic N) is 1. The Balaban J connectivity index is 2.09. The molecule has 0 spiro atoms. The minimum Gasteiger partial charge on any atom is -0.336 e. The van der Waals surface area contributed by atoms with Crippen LogP contribution in [0.25, 0.3) is 0 Å². The van der Waals surface area contributed by atoms with Crippen molar-refractivity contribution in [2.75, 3.05) is 20.1 Å². The molecule has 0 aromatic heterocycles. The smallest absolute Gasteiger partial charge is 0.253 e. The number of carbonyl (C=O) groups excluding carboxylic acids is 1. The van der Waals surface area contributed by atoms with Crippen LogP contribution in [0, 0.1) is 0 Å². The van der Waals surface area contributed by atoms with Crippen LogP contribution in [0.15, 0.2) is 28.7 Å². The SMILES string of the molecule is CN(C(=O)c1ccc(Br)cc1)C1CNC1. The van der Waals surface area contributed by atoms with Gasteiger partial charge in [0.15, 0.2) is 0 Å². The number of carbonyl (C=O) groups is 1. The topological polar surface area (TPSA) is 32.3 Å². The fourth-order valence-electron chi connectivity index (χ4n) is 1.51. The molecule has 1 aromatic rings. The van der Waals surface area contributed by atoms with E-state index in [2.05, 4.69) is 21.2 Å². The number of hydrogen-bond donors (Lipinski definition) is 1. The lowest BCUT2D eigenvalue weighted by Gasteiger charge is -2.35. The maximum Gasteiger partial charge on any atom is 0.253 e. The predicted octanol–water partition coefficient (Wildman–Crippen LogP) is 1.49. The van der Waals surface area contributed by atoms with Crippen molar-refractivity contribution in [2.45, 2.75) is 6.04 Å². The second kappa shape index (κ2) is 4.33. The van der Waals surface area contributed by atoms with E-state index in [1.807, 2.05) is 31.3 Å². The summed E-state index contributed by atoms with van der Waals surface area (Å²) in [6.45, 7) is 1.80. The third-order valence-corrected chi connectivity index (χ3v) is 3.25. The molecule has 3 nitrogen and oxygen atoms in total. The quantitative estimate of drug-likeness (QED) is 0.882. The Morgan fingerprint density at radius 1 is 1.40 bits per heavy atom. The molecule has 1 fully saturated rings.